The number of methoxy groups -OCH3 is 2. The van der Waals surface area contributed by atoms with E-state index in [2.05, 4.69) is 67.5 Å². The highest BCUT2D eigenvalue weighted by molar-refractivity contribution is 5.99. The number of rotatable bonds is 15. The molecule has 360 valence electrons. The van der Waals surface area contributed by atoms with Gasteiger partial charge in [0.15, 0.2) is 0 Å². The molecule has 6 amide bonds. The first-order chi connectivity index (χ1) is 32.8. The largest absolute Gasteiger partial charge is 0.453 e. The van der Waals surface area contributed by atoms with E-state index in [9.17, 15) is 28.8 Å². The molecule has 0 bridgehead atoms. The van der Waals surface area contributed by atoms with Crippen molar-refractivity contribution in [1.82, 2.24) is 25.4 Å². The van der Waals surface area contributed by atoms with E-state index in [1.165, 1.54) is 14.2 Å². The number of benzene rings is 3. The summed E-state index contributed by atoms with van der Waals surface area (Å²) < 4.78 is 9.50. The van der Waals surface area contributed by atoms with Crippen LogP contribution in [-0.2, 0) is 28.7 Å². The van der Waals surface area contributed by atoms with Crippen molar-refractivity contribution in [2.45, 2.75) is 109 Å². The number of carbonyl (C=O) groups is 6. The number of carbonyl (C=O) groups excluding carboxylic acids is 6. The summed E-state index contributed by atoms with van der Waals surface area (Å²) in [6, 6.07) is 25.8. The molecule has 6 atom stereocenters. The van der Waals surface area contributed by atoms with Crippen molar-refractivity contribution in [3.8, 4) is 11.1 Å². The third-order valence-electron chi connectivity index (χ3n) is 13.4. The van der Waals surface area contributed by atoms with Gasteiger partial charge in [0.2, 0.25) is 23.6 Å². The van der Waals surface area contributed by atoms with Crippen molar-refractivity contribution >= 4 is 52.9 Å². The molecule has 1 aromatic heterocycles. The first-order valence-electron chi connectivity index (χ1n) is 23.7. The van der Waals surface area contributed by atoms with Crippen LogP contribution in [0.4, 0.5) is 26.7 Å². The minimum absolute atomic E-state index is 0.00164. The predicted octanol–water partition coefficient (Wildman–Crippen LogP) is 7.84. The minimum atomic E-state index is -0.819. The maximum atomic E-state index is 13.7. The monoisotopic (exact) mass is 928 g/mol. The van der Waals surface area contributed by atoms with E-state index in [4.69, 9.17) is 9.47 Å². The maximum Gasteiger partial charge on any atom is 0.407 e. The Balaban J connectivity index is 1.05. The highest BCUT2D eigenvalue weighted by Crippen LogP contribution is 2.47. The molecule has 3 saturated heterocycles. The van der Waals surface area contributed by atoms with Crippen molar-refractivity contribution in [3.63, 3.8) is 0 Å². The van der Waals surface area contributed by atoms with Crippen LogP contribution < -0.4 is 26.2 Å². The predicted molar refractivity (Wildman–Crippen MR) is 259 cm³/mol. The standard InChI is InChI=1S/C52H64N8O8/c1-32(2)46(56-51(65)67-5)49(63)58-28-8-11-41(58)30-45(61)54-38-19-13-35(14-20-38)42-25-26-43(60(42)40-23-17-34(18-24-40)37-10-7-27-53-31-37)36-15-21-39(22-16-36)55-48(62)44-12-9-29-59(44)50(64)47(33(3)4)57-52(66)68-6/h7,10,13-24,27,31-33,41-44,46-47H,8-9,11-12,25-26,28-30H2,1-6H3,(H,54,61)(H,55,62)(H,56,65)(H,57,66). The van der Waals surface area contributed by atoms with Gasteiger partial charge in [-0.25, -0.2) is 9.59 Å². The van der Waals surface area contributed by atoms with Crippen LogP contribution in [0, 0.1) is 11.8 Å². The Morgan fingerprint density at radius 3 is 1.69 bits per heavy atom. The molecule has 0 spiro atoms. The summed E-state index contributed by atoms with van der Waals surface area (Å²) >= 11 is 0. The number of anilines is 3. The van der Waals surface area contributed by atoms with Gasteiger partial charge >= 0.3 is 12.2 Å². The summed E-state index contributed by atoms with van der Waals surface area (Å²) in [4.78, 5) is 88.3. The van der Waals surface area contributed by atoms with Gasteiger partial charge in [-0.05, 0) is 115 Å². The second-order valence-corrected chi connectivity index (χ2v) is 18.5. The van der Waals surface area contributed by atoms with Gasteiger partial charge in [0.25, 0.3) is 0 Å². The number of nitrogens with one attached hydrogen (secondary N) is 4. The zero-order valence-corrected chi connectivity index (χ0v) is 39.8. The van der Waals surface area contributed by atoms with Gasteiger partial charge in [-0.15, -0.1) is 0 Å². The fourth-order valence-electron chi connectivity index (χ4n) is 9.81. The van der Waals surface area contributed by atoms with Crippen LogP contribution in [-0.4, -0.2) is 102 Å². The lowest BCUT2D eigenvalue weighted by Gasteiger charge is -2.33. The number of amides is 6. The number of alkyl carbamates (subject to hydrolysis) is 2. The topological polar surface area (TPSA) is 192 Å². The Morgan fingerprint density at radius 2 is 1.16 bits per heavy atom. The van der Waals surface area contributed by atoms with Crippen LogP contribution in [0.15, 0.2) is 97.3 Å². The number of ether oxygens (including phenoxy) is 2. The van der Waals surface area contributed by atoms with Gasteiger partial charge in [0.1, 0.15) is 18.1 Å². The minimum Gasteiger partial charge on any atom is -0.453 e. The van der Waals surface area contributed by atoms with Crippen LogP contribution in [0.3, 0.4) is 0 Å². The highest BCUT2D eigenvalue weighted by Gasteiger charge is 2.40. The summed E-state index contributed by atoms with van der Waals surface area (Å²) in [6.45, 7) is 8.34. The number of likely N-dealkylation sites (tertiary alicyclic amines) is 2. The molecule has 4 N–H and O–H groups in total. The smallest absolute Gasteiger partial charge is 0.407 e. The second-order valence-electron chi connectivity index (χ2n) is 18.5. The van der Waals surface area contributed by atoms with E-state index in [-0.39, 0.29) is 60.0 Å². The number of hydrogen-bond acceptors (Lipinski definition) is 10. The SMILES string of the molecule is COC(=O)NC(C(=O)N1CCCC1CC(=O)Nc1ccc(C2CCC(c3ccc(NC(=O)C4CCCN4C(=O)C(NC(=O)OC)C(C)C)cc3)N2c2ccc(-c3cccnc3)cc2)cc1)C(C)C. The Bertz CT molecular complexity index is 2400. The number of hydrogen-bond donors (Lipinski definition) is 4. The zero-order chi connectivity index (χ0) is 48.5. The molecule has 0 radical (unpaired) electrons. The van der Waals surface area contributed by atoms with Crippen molar-refractivity contribution in [1.29, 1.82) is 0 Å². The van der Waals surface area contributed by atoms with Crippen molar-refractivity contribution in [2.75, 3.05) is 42.8 Å². The molecule has 0 aliphatic carbocycles. The van der Waals surface area contributed by atoms with Crippen molar-refractivity contribution < 1.29 is 38.2 Å². The van der Waals surface area contributed by atoms with Crippen LogP contribution in [0.2, 0.25) is 0 Å². The molecule has 0 saturated carbocycles. The fraction of sp³-hybridized carbons (Fsp3) is 0.442. The molecule has 16 heteroatoms. The Morgan fingerprint density at radius 1 is 0.632 bits per heavy atom. The number of pyridine rings is 1. The molecule has 3 aliphatic rings. The van der Waals surface area contributed by atoms with Crippen LogP contribution in [0.5, 0.6) is 0 Å². The Labute approximate surface area is 398 Å². The lowest BCUT2D eigenvalue weighted by Crippen LogP contribution is -2.54. The van der Waals surface area contributed by atoms with Gasteiger partial charge in [0.05, 0.1) is 26.3 Å². The molecule has 16 nitrogen and oxygen atoms in total. The van der Waals surface area contributed by atoms with Crippen LogP contribution >= 0.6 is 0 Å². The molecular weight excluding hydrogens is 865 g/mol. The van der Waals surface area contributed by atoms with E-state index in [1.807, 2.05) is 82.4 Å². The lowest BCUT2D eigenvalue weighted by molar-refractivity contribution is -0.139. The third-order valence-corrected chi connectivity index (χ3v) is 13.4. The maximum absolute atomic E-state index is 13.7. The second kappa shape index (κ2) is 22.2. The van der Waals surface area contributed by atoms with E-state index < -0.39 is 30.3 Å². The first kappa shape index (κ1) is 48.9. The average molecular weight is 929 g/mol. The molecule has 3 aliphatic heterocycles. The zero-order valence-electron chi connectivity index (χ0n) is 39.8. The summed E-state index contributed by atoms with van der Waals surface area (Å²) in [5.74, 6) is -1.36. The molecule has 7 rings (SSSR count). The van der Waals surface area contributed by atoms with Gasteiger partial charge in [-0.2, -0.15) is 0 Å². The van der Waals surface area contributed by atoms with Gasteiger partial charge in [-0.3, -0.25) is 24.2 Å². The number of aromatic nitrogens is 1. The van der Waals surface area contributed by atoms with Crippen molar-refractivity contribution in [2.24, 2.45) is 11.8 Å². The molecule has 3 fully saturated rings. The van der Waals surface area contributed by atoms with E-state index in [0.29, 0.717) is 43.7 Å². The molecule has 68 heavy (non-hydrogen) atoms. The molecule has 3 aromatic carbocycles. The molecule has 4 heterocycles. The molecule has 6 unspecified atom stereocenters. The van der Waals surface area contributed by atoms with Crippen molar-refractivity contribution in [3.05, 3.63) is 108 Å². The third kappa shape index (κ3) is 11.4. The summed E-state index contributed by atoms with van der Waals surface area (Å²) in [7, 11) is 2.51. The summed E-state index contributed by atoms with van der Waals surface area (Å²) in [5, 5.41) is 11.4. The molecular formula is C52H64N8O8. The van der Waals surface area contributed by atoms with Gasteiger partial charge in [0, 0.05) is 55.0 Å². The van der Waals surface area contributed by atoms with E-state index >= 15 is 0 Å². The van der Waals surface area contributed by atoms with Gasteiger partial charge in [-0.1, -0.05) is 70.2 Å². The lowest BCUT2D eigenvalue weighted by atomic mass is 10.0. The van der Waals surface area contributed by atoms with E-state index in [0.717, 1.165) is 47.2 Å². The number of nitrogens with zero attached hydrogens (tertiary/aromatic N) is 4. The van der Waals surface area contributed by atoms with Crippen LogP contribution in [0.25, 0.3) is 11.1 Å². The Kier molecular flexibility index (Phi) is 16.0. The van der Waals surface area contributed by atoms with Gasteiger partial charge < -0.3 is 45.4 Å². The molecule has 4 aromatic rings. The van der Waals surface area contributed by atoms with E-state index in [1.54, 1.807) is 16.0 Å². The quantitative estimate of drug-likeness (QED) is 0.0914. The van der Waals surface area contributed by atoms with Crippen LogP contribution in [0.1, 0.15) is 95.9 Å². The fourth-order valence-corrected chi connectivity index (χ4v) is 9.81. The summed E-state index contributed by atoms with van der Waals surface area (Å²) in [5.41, 5.74) is 6.57. The summed E-state index contributed by atoms with van der Waals surface area (Å²) in [6.07, 6.45) is 6.76. The first-order valence-corrected chi connectivity index (χ1v) is 23.7. The normalized spacial score (nSPS) is 19.9. The highest BCUT2D eigenvalue weighted by atomic mass is 16.5. The Hall–Kier alpha value is -6.97. The average Bonchev–Trinajstić information content (AvgIpc) is 4.14.